The lowest BCUT2D eigenvalue weighted by atomic mass is 10.1. The number of aryl methyl sites for hydroxylation is 2. The van der Waals surface area contributed by atoms with Gasteiger partial charge in [-0.3, -0.25) is 0 Å². The minimum absolute atomic E-state index is 0.0654. The van der Waals surface area contributed by atoms with E-state index in [2.05, 4.69) is 10.2 Å². The zero-order valence-electron chi connectivity index (χ0n) is 16.1. The van der Waals surface area contributed by atoms with E-state index in [1.165, 1.54) is 10.9 Å². The van der Waals surface area contributed by atoms with Crippen LogP contribution in [0.2, 0.25) is 0 Å². The Morgan fingerprint density at radius 2 is 1.90 bits per heavy atom. The normalized spacial score (nSPS) is 11.0. The van der Waals surface area contributed by atoms with Crippen LogP contribution in [0.5, 0.6) is 0 Å². The second-order valence-corrected chi connectivity index (χ2v) is 6.61. The van der Waals surface area contributed by atoms with E-state index in [0.717, 1.165) is 23.1 Å². The first-order chi connectivity index (χ1) is 14.0. The third-order valence-corrected chi connectivity index (χ3v) is 4.62. The number of hydrogen-bond acceptors (Lipinski definition) is 6. The minimum atomic E-state index is -0.601. The van der Waals surface area contributed by atoms with Crippen molar-refractivity contribution in [1.29, 1.82) is 0 Å². The second-order valence-electron chi connectivity index (χ2n) is 6.61. The van der Waals surface area contributed by atoms with E-state index in [1.54, 1.807) is 6.92 Å². The summed E-state index contributed by atoms with van der Waals surface area (Å²) in [5.41, 5.74) is 2.98. The van der Waals surface area contributed by atoms with Gasteiger partial charge < -0.3 is 9.15 Å². The molecule has 0 atom stereocenters. The van der Waals surface area contributed by atoms with Crippen LogP contribution in [0.3, 0.4) is 0 Å². The molecule has 0 saturated heterocycles. The second kappa shape index (κ2) is 7.71. The Morgan fingerprint density at radius 1 is 1.10 bits per heavy atom. The van der Waals surface area contributed by atoms with E-state index in [4.69, 9.17) is 9.15 Å². The number of aromatic nitrogens is 3. The Balaban J connectivity index is 1.58. The predicted molar refractivity (Wildman–Crippen MR) is 107 cm³/mol. The summed E-state index contributed by atoms with van der Waals surface area (Å²) in [6.07, 6.45) is 0.829. The van der Waals surface area contributed by atoms with Crippen molar-refractivity contribution < 1.29 is 13.9 Å². The lowest BCUT2D eigenvalue weighted by Crippen LogP contribution is -2.10. The summed E-state index contributed by atoms with van der Waals surface area (Å²) in [7, 11) is 0. The number of carbonyl (C=O) groups is 1. The van der Waals surface area contributed by atoms with Gasteiger partial charge >= 0.3 is 11.6 Å². The van der Waals surface area contributed by atoms with Gasteiger partial charge in [-0.1, -0.05) is 37.3 Å². The molecule has 0 unspecified atom stereocenters. The van der Waals surface area contributed by atoms with Crippen LogP contribution in [-0.2, 0) is 17.8 Å². The van der Waals surface area contributed by atoms with Crippen molar-refractivity contribution in [3.63, 3.8) is 0 Å². The van der Waals surface area contributed by atoms with Gasteiger partial charge in [-0.15, -0.1) is 5.10 Å². The Hall–Kier alpha value is -3.74. The minimum Gasteiger partial charge on any atom is -0.456 e. The lowest BCUT2D eigenvalue weighted by molar-refractivity contribution is 0.0465. The van der Waals surface area contributed by atoms with Crippen molar-refractivity contribution in [3.05, 3.63) is 87.5 Å². The Bertz CT molecular complexity index is 1240. The highest BCUT2D eigenvalue weighted by Gasteiger charge is 2.19. The molecule has 2 aromatic heterocycles. The van der Waals surface area contributed by atoms with Crippen LogP contribution in [0.1, 0.15) is 34.2 Å². The molecule has 0 fully saturated rings. The molecular weight excluding hydrogens is 370 g/mol. The van der Waals surface area contributed by atoms with Crippen molar-refractivity contribution >= 4 is 16.9 Å². The highest BCUT2D eigenvalue weighted by atomic mass is 16.5. The maximum absolute atomic E-state index is 12.6. The van der Waals surface area contributed by atoms with Crippen LogP contribution >= 0.6 is 0 Å². The summed E-state index contributed by atoms with van der Waals surface area (Å²) < 4.78 is 10.7. The summed E-state index contributed by atoms with van der Waals surface area (Å²) in [4.78, 5) is 25.9. The maximum atomic E-state index is 12.6. The third-order valence-electron chi connectivity index (χ3n) is 4.62. The molecule has 2 heterocycles. The number of ether oxygens (including phenoxy) is 1. The van der Waals surface area contributed by atoms with E-state index in [9.17, 15) is 9.59 Å². The third kappa shape index (κ3) is 3.80. The number of rotatable bonds is 5. The first kappa shape index (κ1) is 18.6. The van der Waals surface area contributed by atoms with Crippen LogP contribution in [0.4, 0.5) is 0 Å². The zero-order chi connectivity index (χ0) is 20.4. The predicted octanol–water partition coefficient (Wildman–Crippen LogP) is 3.60. The summed E-state index contributed by atoms with van der Waals surface area (Å²) in [5.74, 6) is -0.601. The number of para-hydroxylation sites is 1. The highest BCUT2D eigenvalue weighted by molar-refractivity contribution is 5.88. The average molecular weight is 389 g/mol. The van der Waals surface area contributed by atoms with E-state index in [0.29, 0.717) is 16.8 Å². The molecule has 0 bridgehead atoms. The van der Waals surface area contributed by atoms with E-state index in [-0.39, 0.29) is 12.3 Å². The summed E-state index contributed by atoms with van der Waals surface area (Å²) in [6, 6.07) is 16.3. The number of hydrogen-bond donors (Lipinski definition) is 0. The molecule has 0 spiro atoms. The molecule has 0 aliphatic carbocycles. The van der Waals surface area contributed by atoms with Gasteiger partial charge in [0.25, 0.3) is 0 Å². The standard InChI is InChI=1S/C22H19N3O4/c1-3-15-9-10-18-16(12-20(26)29-19(18)11-15)13-28-22(27)21-14(2)23-25(24-21)17-7-5-4-6-8-17/h4-12H,3,13H2,1-2H3. The molecule has 4 rings (SSSR count). The monoisotopic (exact) mass is 389 g/mol. The van der Waals surface area contributed by atoms with Crippen molar-refractivity contribution in [3.8, 4) is 5.69 Å². The van der Waals surface area contributed by atoms with E-state index >= 15 is 0 Å². The number of carbonyl (C=O) groups excluding carboxylic acids is 1. The smallest absolute Gasteiger partial charge is 0.361 e. The molecule has 0 radical (unpaired) electrons. The summed E-state index contributed by atoms with van der Waals surface area (Å²) >= 11 is 0. The van der Waals surface area contributed by atoms with Gasteiger partial charge in [-0.2, -0.15) is 9.90 Å². The van der Waals surface area contributed by atoms with Gasteiger partial charge in [0, 0.05) is 17.0 Å². The van der Waals surface area contributed by atoms with Gasteiger partial charge in [0.05, 0.1) is 11.4 Å². The van der Waals surface area contributed by atoms with Crippen LogP contribution in [0, 0.1) is 6.92 Å². The van der Waals surface area contributed by atoms with Gasteiger partial charge in [-0.25, -0.2) is 9.59 Å². The Labute approximate surface area is 166 Å². The van der Waals surface area contributed by atoms with Crippen molar-refractivity contribution in [1.82, 2.24) is 15.0 Å². The van der Waals surface area contributed by atoms with Crippen LogP contribution in [0.25, 0.3) is 16.7 Å². The van der Waals surface area contributed by atoms with E-state index < -0.39 is 11.6 Å². The molecule has 29 heavy (non-hydrogen) atoms. The SMILES string of the molecule is CCc1ccc2c(COC(=O)c3nn(-c4ccccc4)nc3C)cc(=O)oc2c1. The zero-order valence-corrected chi connectivity index (χ0v) is 16.1. The fourth-order valence-corrected chi connectivity index (χ4v) is 3.07. The van der Waals surface area contributed by atoms with Gasteiger partial charge in [-0.05, 0) is 37.1 Å². The van der Waals surface area contributed by atoms with Crippen LogP contribution in [0.15, 0.2) is 63.8 Å². The molecular formula is C22H19N3O4. The topological polar surface area (TPSA) is 87.2 Å². The highest BCUT2D eigenvalue weighted by Crippen LogP contribution is 2.20. The van der Waals surface area contributed by atoms with Crippen molar-refractivity contribution in [2.45, 2.75) is 26.9 Å². The van der Waals surface area contributed by atoms with Crippen molar-refractivity contribution in [2.24, 2.45) is 0 Å². The fourth-order valence-electron chi connectivity index (χ4n) is 3.07. The molecule has 0 amide bonds. The van der Waals surface area contributed by atoms with Gasteiger partial charge in [0.15, 0.2) is 5.69 Å². The summed E-state index contributed by atoms with van der Waals surface area (Å²) in [5, 5.41) is 9.26. The first-order valence-electron chi connectivity index (χ1n) is 9.27. The van der Waals surface area contributed by atoms with Crippen molar-refractivity contribution in [2.75, 3.05) is 0 Å². The van der Waals surface area contributed by atoms with E-state index in [1.807, 2.05) is 55.5 Å². The number of esters is 1. The quantitative estimate of drug-likeness (QED) is 0.383. The molecule has 7 heteroatoms. The van der Waals surface area contributed by atoms with Gasteiger partial charge in [0.1, 0.15) is 12.2 Å². The average Bonchev–Trinajstić information content (AvgIpc) is 3.13. The fraction of sp³-hybridized carbons (Fsp3) is 0.182. The number of fused-ring (bicyclic) bond motifs is 1. The molecule has 2 aromatic carbocycles. The lowest BCUT2D eigenvalue weighted by Gasteiger charge is -2.07. The molecule has 0 aliphatic heterocycles. The number of nitrogens with zero attached hydrogens (tertiary/aromatic N) is 3. The molecule has 0 saturated carbocycles. The van der Waals surface area contributed by atoms with Crippen LogP contribution in [-0.4, -0.2) is 21.0 Å². The summed E-state index contributed by atoms with van der Waals surface area (Å²) in [6.45, 7) is 3.65. The Morgan fingerprint density at radius 3 is 2.66 bits per heavy atom. The largest absolute Gasteiger partial charge is 0.456 e. The number of benzene rings is 2. The molecule has 146 valence electrons. The van der Waals surface area contributed by atoms with Gasteiger partial charge in [0.2, 0.25) is 0 Å². The maximum Gasteiger partial charge on any atom is 0.361 e. The Kier molecular flexibility index (Phi) is 4.95. The molecule has 7 nitrogen and oxygen atoms in total. The molecule has 0 aliphatic rings. The molecule has 4 aromatic rings. The van der Waals surface area contributed by atoms with Crippen LogP contribution < -0.4 is 5.63 Å². The first-order valence-corrected chi connectivity index (χ1v) is 9.27. The molecule has 0 N–H and O–H groups in total.